The minimum atomic E-state index is 0.0377. The van der Waals surface area contributed by atoms with Gasteiger partial charge >= 0.3 is 0 Å². The molecule has 2 aliphatic rings. The van der Waals surface area contributed by atoms with Crippen LogP contribution >= 0.6 is 11.3 Å². The Kier molecular flexibility index (Phi) is 5.06. The van der Waals surface area contributed by atoms with Crippen molar-refractivity contribution in [2.75, 3.05) is 13.1 Å². The maximum Gasteiger partial charge on any atom is 0.257 e. The topological polar surface area (TPSA) is 75.4 Å². The van der Waals surface area contributed by atoms with Gasteiger partial charge in [-0.25, -0.2) is 4.98 Å². The SMILES string of the molecule is O=C(NCc1csc(C2CCN(C(=O)c3ccoc3)CC2)n1)C1CCC1. The summed E-state index contributed by atoms with van der Waals surface area (Å²) >= 11 is 1.66. The second-order valence-electron chi connectivity index (χ2n) is 7.10. The van der Waals surface area contributed by atoms with Crippen LogP contribution in [0.5, 0.6) is 0 Å². The zero-order valence-electron chi connectivity index (χ0n) is 14.6. The molecule has 4 rings (SSSR count). The van der Waals surface area contributed by atoms with Gasteiger partial charge in [-0.3, -0.25) is 9.59 Å². The molecule has 2 amide bonds. The van der Waals surface area contributed by atoms with Gasteiger partial charge < -0.3 is 14.6 Å². The smallest absolute Gasteiger partial charge is 0.257 e. The second kappa shape index (κ2) is 7.61. The highest BCUT2D eigenvalue weighted by atomic mass is 32.1. The van der Waals surface area contributed by atoms with Crippen molar-refractivity contribution in [3.05, 3.63) is 40.2 Å². The van der Waals surface area contributed by atoms with Crippen molar-refractivity contribution in [3.63, 3.8) is 0 Å². The quantitative estimate of drug-likeness (QED) is 0.873. The summed E-state index contributed by atoms with van der Waals surface area (Å²) in [5, 5.41) is 6.16. The Balaban J connectivity index is 1.27. The van der Waals surface area contributed by atoms with E-state index in [1.807, 2.05) is 10.3 Å². The van der Waals surface area contributed by atoms with Gasteiger partial charge in [-0.15, -0.1) is 11.3 Å². The van der Waals surface area contributed by atoms with E-state index in [4.69, 9.17) is 9.40 Å². The van der Waals surface area contributed by atoms with Crippen molar-refractivity contribution in [2.45, 2.75) is 44.6 Å². The number of carbonyl (C=O) groups is 2. The Morgan fingerprint density at radius 3 is 2.73 bits per heavy atom. The van der Waals surface area contributed by atoms with E-state index in [0.717, 1.165) is 49.5 Å². The molecule has 1 saturated heterocycles. The van der Waals surface area contributed by atoms with Gasteiger partial charge in [-0.1, -0.05) is 6.42 Å². The third-order valence-electron chi connectivity index (χ3n) is 5.39. The number of aromatic nitrogens is 1. The highest BCUT2D eigenvalue weighted by Gasteiger charge is 2.27. The average molecular weight is 373 g/mol. The number of thiazole rings is 1. The highest BCUT2D eigenvalue weighted by Crippen LogP contribution is 2.31. The molecule has 0 radical (unpaired) electrons. The molecule has 3 heterocycles. The van der Waals surface area contributed by atoms with Crippen LogP contribution in [0.25, 0.3) is 0 Å². The Labute approximate surface area is 156 Å². The predicted octanol–water partition coefficient (Wildman–Crippen LogP) is 3.17. The first kappa shape index (κ1) is 17.3. The van der Waals surface area contributed by atoms with E-state index in [9.17, 15) is 9.59 Å². The minimum absolute atomic E-state index is 0.0377. The molecule has 2 aromatic rings. The van der Waals surface area contributed by atoms with E-state index in [1.165, 1.54) is 18.9 Å². The fourth-order valence-electron chi connectivity index (χ4n) is 3.48. The Morgan fingerprint density at radius 1 is 1.27 bits per heavy atom. The maximum absolute atomic E-state index is 12.4. The number of carbonyl (C=O) groups excluding carboxylic acids is 2. The molecule has 2 aromatic heterocycles. The zero-order chi connectivity index (χ0) is 17.9. The number of furan rings is 1. The Bertz CT molecular complexity index is 759. The highest BCUT2D eigenvalue weighted by molar-refractivity contribution is 7.09. The molecular weight excluding hydrogens is 350 g/mol. The fourth-order valence-corrected chi connectivity index (χ4v) is 4.47. The molecule has 1 saturated carbocycles. The Morgan fingerprint density at radius 2 is 2.08 bits per heavy atom. The molecule has 6 nitrogen and oxygen atoms in total. The first-order chi connectivity index (χ1) is 12.7. The van der Waals surface area contributed by atoms with Crippen LogP contribution in [0.3, 0.4) is 0 Å². The first-order valence-corrected chi connectivity index (χ1v) is 10.1. The van der Waals surface area contributed by atoms with E-state index in [1.54, 1.807) is 17.4 Å². The number of nitrogens with one attached hydrogen (secondary N) is 1. The molecule has 1 aliphatic heterocycles. The van der Waals surface area contributed by atoms with Gasteiger partial charge in [0.05, 0.1) is 29.1 Å². The van der Waals surface area contributed by atoms with E-state index < -0.39 is 0 Å². The van der Waals surface area contributed by atoms with Crippen LogP contribution in [0.15, 0.2) is 28.4 Å². The van der Waals surface area contributed by atoms with Gasteiger partial charge in [0.1, 0.15) is 6.26 Å². The summed E-state index contributed by atoms with van der Waals surface area (Å²) in [7, 11) is 0. The van der Waals surface area contributed by atoms with Crippen molar-refractivity contribution in [2.24, 2.45) is 5.92 Å². The summed E-state index contributed by atoms with van der Waals surface area (Å²) < 4.78 is 5.00. The Hall–Kier alpha value is -2.15. The molecule has 1 aliphatic carbocycles. The maximum atomic E-state index is 12.4. The number of hydrogen-bond donors (Lipinski definition) is 1. The lowest BCUT2D eigenvalue weighted by molar-refractivity contribution is -0.127. The molecule has 26 heavy (non-hydrogen) atoms. The van der Waals surface area contributed by atoms with Crippen molar-refractivity contribution < 1.29 is 14.0 Å². The number of hydrogen-bond acceptors (Lipinski definition) is 5. The van der Waals surface area contributed by atoms with E-state index >= 15 is 0 Å². The largest absolute Gasteiger partial charge is 0.472 e. The zero-order valence-corrected chi connectivity index (χ0v) is 15.5. The predicted molar refractivity (Wildman–Crippen MR) is 97.9 cm³/mol. The van der Waals surface area contributed by atoms with Crippen molar-refractivity contribution >= 4 is 23.2 Å². The van der Waals surface area contributed by atoms with Crippen LogP contribution in [0.2, 0.25) is 0 Å². The molecule has 0 unspecified atom stereocenters. The lowest BCUT2D eigenvalue weighted by Gasteiger charge is -2.30. The van der Waals surface area contributed by atoms with E-state index in [0.29, 0.717) is 18.0 Å². The number of nitrogens with zero attached hydrogens (tertiary/aromatic N) is 2. The van der Waals surface area contributed by atoms with Crippen LogP contribution < -0.4 is 5.32 Å². The van der Waals surface area contributed by atoms with Gasteiger partial charge in [-0.05, 0) is 31.7 Å². The van der Waals surface area contributed by atoms with Crippen molar-refractivity contribution in [3.8, 4) is 0 Å². The summed E-state index contributed by atoms with van der Waals surface area (Å²) in [4.78, 5) is 30.9. The first-order valence-electron chi connectivity index (χ1n) is 9.24. The standard InChI is InChI=1S/C19H23N3O3S/c23-17(13-2-1-3-13)20-10-16-12-26-18(21-16)14-4-7-22(8-5-14)19(24)15-6-9-25-11-15/h6,9,11-14H,1-5,7-8,10H2,(H,20,23). The number of rotatable bonds is 5. The van der Waals surface area contributed by atoms with Gasteiger partial charge in [0.2, 0.25) is 5.91 Å². The molecule has 138 valence electrons. The van der Waals surface area contributed by atoms with Crippen LogP contribution in [0.1, 0.15) is 59.1 Å². The van der Waals surface area contributed by atoms with Gasteiger partial charge in [0.25, 0.3) is 5.91 Å². The lowest BCUT2D eigenvalue weighted by atomic mass is 9.85. The fraction of sp³-hybridized carbons (Fsp3) is 0.526. The van der Waals surface area contributed by atoms with E-state index in [-0.39, 0.29) is 17.7 Å². The monoisotopic (exact) mass is 373 g/mol. The van der Waals surface area contributed by atoms with Crippen molar-refractivity contribution in [1.82, 2.24) is 15.2 Å². The third kappa shape index (κ3) is 3.67. The molecule has 0 bridgehead atoms. The van der Waals surface area contributed by atoms with Crippen molar-refractivity contribution in [1.29, 1.82) is 0 Å². The number of amides is 2. The van der Waals surface area contributed by atoms with Gasteiger partial charge in [0.15, 0.2) is 0 Å². The minimum Gasteiger partial charge on any atom is -0.472 e. The van der Waals surface area contributed by atoms with Crippen LogP contribution in [0, 0.1) is 5.92 Å². The average Bonchev–Trinajstić information content (AvgIpc) is 3.30. The molecular formula is C19H23N3O3S. The lowest BCUT2D eigenvalue weighted by Crippen LogP contribution is -2.37. The molecule has 0 spiro atoms. The molecule has 2 fully saturated rings. The van der Waals surface area contributed by atoms with Gasteiger partial charge in [-0.2, -0.15) is 0 Å². The molecule has 7 heteroatoms. The summed E-state index contributed by atoms with van der Waals surface area (Å²) in [6.45, 7) is 1.99. The molecule has 1 N–H and O–H groups in total. The van der Waals surface area contributed by atoms with Crippen LogP contribution in [0.4, 0.5) is 0 Å². The summed E-state index contributed by atoms with van der Waals surface area (Å²) in [5.74, 6) is 0.808. The second-order valence-corrected chi connectivity index (χ2v) is 7.99. The normalized spacial score (nSPS) is 18.5. The van der Waals surface area contributed by atoms with Crippen LogP contribution in [-0.2, 0) is 11.3 Å². The van der Waals surface area contributed by atoms with Crippen LogP contribution in [-0.4, -0.2) is 34.8 Å². The van der Waals surface area contributed by atoms with Gasteiger partial charge in [0, 0.05) is 30.3 Å². The third-order valence-corrected chi connectivity index (χ3v) is 6.44. The number of piperidine rings is 1. The number of likely N-dealkylation sites (tertiary alicyclic amines) is 1. The molecule has 0 atom stereocenters. The molecule has 0 aromatic carbocycles. The summed E-state index contributed by atoms with van der Waals surface area (Å²) in [5.41, 5.74) is 1.55. The summed E-state index contributed by atoms with van der Waals surface area (Å²) in [6.07, 6.45) is 8.07. The summed E-state index contributed by atoms with van der Waals surface area (Å²) in [6, 6.07) is 1.71. The van der Waals surface area contributed by atoms with E-state index in [2.05, 4.69) is 5.32 Å².